The zero-order valence-electron chi connectivity index (χ0n) is 22.0. The Kier molecular flexibility index (Phi) is 8.14. The van der Waals surface area contributed by atoms with Crippen LogP contribution in [0.2, 0.25) is 0 Å². The van der Waals surface area contributed by atoms with Crippen LogP contribution in [-0.2, 0) is 4.74 Å². The maximum Gasteiger partial charge on any atom is 0.195 e. The van der Waals surface area contributed by atoms with Crippen molar-refractivity contribution >= 4 is 22.7 Å². The topological polar surface area (TPSA) is 114 Å². The standard InChI is InChI=1S/C27H32N8O3S/c1-34-7-9-35(10-8-34)11-14-37-21-15-22-24(23(16-21)38-20-4-12-36-13-5-20)26(30-18-29-22)39-27-31-25(32-33-27)19-3-2-6-28-17-19/h2-3,6,15-18,20H,4-5,7-14H2,1H3,(H,31,32,33). The maximum absolute atomic E-state index is 6.55. The fourth-order valence-corrected chi connectivity index (χ4v) is 5.53. The van der Waals surface area contributed by atoms with Gasteiger partial charge in [-0.1, -0.05) is 0 Å². The van der Waals surface area contributed by atoms with Crippen molar-refractivity contribution in [3.8, 4) is 22.9 Å². The second-order valence-electron chi connectivity index (χ2n) is 9.74. The molecule has 2 fully saturated rings. The number of benzene rings is 1. The quantitative estimate of drug-likeness (QED) is 0.311. The number of fused-ring (bicyclic) bond motifs is 1. The lowest BCUT2D eigenvalue weighted by Crippen LogP contribution is -2.45. The molecule has 5 heterocycles. The summed E-state index contributed by atoms with van der Waals surface area (Å²) in [6, 6.07) is 7.74. The minimum absolute atomic E-state index is 0.0584. The third-order valence-corrected chi connectivity index (χ3v) is 7.85. The maximum atomic E-state index is 6.55. The lowest BCUT2D eigenvalue weighted by molar-refractivity contribution is 0.0260. The first-order valence-electron chi connectivity index (χ1n) is 13.3. The SMILES string of the molecule is CN1CCN(CCOc2cc(OC3CCOCC3)c3c(Sc4nnc(-c5cccnc5)[nH]4)ncnc3c2)CC1. The van der Waals surface area contributed by atoms with Gasteiger partial charge in [0, 0.05) is 75.7 Å². The van der Waals surface area contributed by atoms with Gasteiger partial charge in [0.25, 0.3) is 0 Å². The number of pyridine rings is 1. The monoisotopic (exact) mass is 548 g/mol. The Morgan fingerprint density at radius 1 is 1.10 bits per heavy atom. The second kappa shape index (κ2) is 12.2. The van der Waals surface area contributed by atoms with Gasteiger partial charge in [-0.25, -0.2) is 9.97 Å². The van der Waals surface area contributed by atoms with Crippen LogP contribution in [0.25, 0.3) is 22.3 Å². The van der Waals surface area contributed by atoms with Crippen molar-refractivity contribution in [3.63, 3.8) is 0 Å². The third kappa shape index (κ3) is 6.47. The van der Waals surface area contributed by atoms with E-state index in [-0.39, 0.29) is 6.10 Å². The highest BCUT2D eigenvalue weighted by molar-refractivity contribution is 7.99. The average molecular weight is 549 g/mol. The summed E-state index contributed by atoms with van der Waals surface area (Å²) in [5.41, 5.74) is 1.63. The normalized spacial score (nSPS) is 17.5. The molecule has 0 radical (unpaired) electrons. The highest BCUT2D eigenvalue weighted by atomic mass is 32.2. The predicted molar refractivity (Wildman–Crippen MR) is 147 cm³/mol. The predicted octanol–water partition coefficient (Wildman–Crippen LogP) is 3.15. The number of rotatable bonds is 9. The van der Waals surface area contributed by atoms with E-state index >= 15 is 0 Å². The molecule has 0 aliphatic carbocycles. The number of hydrogen-bond acceptors (Lipinski definition) is 11. The van der Waals surface area contributed by atoms with E-state index in [1.165, 1.54) is 11.8 Å². The molecule has 2 aliphatic rings. The van der Waals surface area contributed by atoms with Crippen LogP contribution < -0.4 is 9.47 Å². The van der Waals surface area contributed by atoms with E-state index < -0.39 is 0 Å². The van der Waals surface area contributed by atoms with Crippen molar-refractivity contribution in [2.75, 3.05) is 59.6 Å². The summed E-state index contributed by atoms with van der Waals surface area (Å²) in [7, 11) is 2.17. The number of aromatic amines is 1. The number of hydrogen-bond donors (Lipinski definition) is 1. The number of ether oxygens (including phenoxy) is 3. The van der Waals surface area contributed by atoms with Gasteiger partial charge in [-0.3, -0.25) is 9.88 Å². The van der Waals surface area contributed by atoms with Crippen LogP contribution in [0.3, 0.4) is 0 Å². The van der Waals surface area contributed by atoms with Crippen molar-refractivity contribution < 1.29 is 14.2 Å². The highest BCUT2D eigenvalue weighted by Gasteiger charge is 2.21. The van der Waals surface area contributed by atoms with Gasteiger partial charge in [-0.05, 0) is 30.9 Å². The molecule has 1 N–H and O–H groups in total. The lowest BCUT2D eigenvalue weighted by atomic mass is 10.1. The molecular weight excluding hydrogens is 516 g/mol. The molecule has 0 atom stereocenters. The number of H-pyrrole nitrogens is 1. The molecule has 3 aromatic heterocycles. The summed E-state index contributed by atoms with van der Waals surface area (Å²) >= 11 is 1.39. The fraction of sp³-hybridized carbons (Fsp3) is 0.444. The summed E-state index contributed by atoms with van der Waals surface area (Å²) < 4.78 is 18.3. The summed E-state index contributed by atoms with van der Waals surface area (Å²) in [5, 5.41) is 10.8. The van der Waals surface area contributed by atoms with Crippen molar-refractivity contribution in [3.05, 3.63) is 43.0 Å². The first-order chi connectivity index (χ1) is 19.2. The summed E-state index contributed by atoms with van der Waals surface area (Å²) in [6.45, 7) is 7.18. The van der Waals surface area contributed by atoms with Crippen LogP contribution in [0, 0.1) is 0 Å². The molecule has 2 saturated heterocycles. The van der Waals surface area contributed by atoms with E-state index in [0.29, 0.717) is 36.6 Å². The molecular formula is C27H32N8O3S. The van der Waals surface area contributed by atoms with Gasteiger partial charge >= 0.3 is 0 Å². The highest BCUT2D eigenvalue weighted by Crippen LogP contribution is 2.39. The zero-order chi connectivity index (χ0) is 26.4. The van der Waals surface area contributed by atoms with Crippen LogP contribution in [-0.4, -0.2) is 106 Å². The Labute approximate surface area is 231 Å². The van der Waals surface area contributed by atoms with Gasteiger partial charge in [-0.2, -0.15) is 0 Å². The lowest BCUT2D eigenvalue weighted by Gasteiger charge is -2.32. The molecule has 0 unspecified atom stereocenters. The van der Waals surface area contributed by atoms with E-state index in [1.54, 1.807) is 18.7 Å². The first-order valence-corrected chi connectivity index (χ1v) is 14.1. The van der Waals surface area contributed by atoms with Gasteiger partial charge in [0.1, 0.15) is 35.6 Å². The Hall–Kier alpha value is -3.32. The average Bonchev–Trinajstić information content (AvgIpc) is 3.44. The van der Waals surface area contributed by atoms with E-state index in [4.69, 9.17) is 14.2 Å². The van der Waals surface area contributed by atoms with Crippen molar-refractivity contribution in [2.45, 2.75) is 29.1 Å². The molecule has 1 aromatic carbocycles. The van der Waals surface area contributed by atoms with Gasteiger partial charge in [0.2, 0.25) is 0 Å². The summed E-state index contributed by atoms with van der Waals surface area (Å²) in [5.74, 6) is 2.11. The molecule has 204 valence electrons. The smallest absolute Gasteiger partial charge is 0.195 e. The number of nitrogens with one attached hydrogen (secondary N) is 1. The Balaban J connectivity index is 1.25. The van der Waals surface area contributed by atoms with Gasteiger partial charge < -0.3 is 24.1 Å². The van der Waals surface area contributed by atoms with Gasteiger partial charge in [0.05, 0.1) is 24.1 Å². The number of piperazine rings is 1. The molecule has 4 aromatic rings. The van der Waals surface area contributed by atoms with Crippen LogP contribution in [0.5, 0.6) is 11.5 Å². The van der Waals surface area contributed by atoms with Crippen molar-refractivity contribution in [1.29, 1.82) is 0 Å². The van der Waals surface area contributed by atoms with Crippen LogP contribution in [0.1, 0.15) is 12.8 Å². The summed E-state index contributed by atoms with van der Waals surface area (Å²) in [6.07, 6.45) is 6.77. The second-order valence-corrected chi connectivity index (χ2v) is 10.7. The minimum atomic E-state index is 0.0584. The Bertz CT molecular complexity index is 1370. The number of likely N-dealkylation sites (N-methyl/N-ethyl adjacent to an activating group) is 1. The Morgan fingerprint density at radius 2 is 1.97 bits per heavy atom. The van der Waals surface area contributed by atoms with Crippen molar-refractivity contribution in [2.24, 2.45) is 0 Å². The van der Waals surface area contributed by atoms with Crippen LogP contribution >= 0.6 is 11.8 Å². The molecule has 0 spiro atoms. The van der Waals surface area contributed by atoms with Gasteiger partial charge in [0.15, 0.2) is 11.0 Å². The fourth-order valence-electron chi connectivity index (χ4n) is 4.71. The number of nitrogens with zero attached hydrogens (tertiary/aromatic N) is 7. The van der Waals surface area contributed by atoms with E-state index in [1.807, 2.05) is 24.3 Å². The van der Waals surface area contributed by atoms with Crippen molar-refractivity contribution in [1.82, 2.24) is 39.9 Å². The van der Waals surface area contributed by atoms with E-state index in [9.17, 15) is 0 Å². The van der Waals surface area contributed by atoms with Crippen LogP contribution in [0.15, 0.2) is 53.2 Å². The largest absolute Gasteiger partial charge is 0.492 e. The number of aromatic nitrogens is 6. The molecule has 6 rings (SSSR count). The molecule has 39 heavy (non-hydrogen) atoms. The van der Waals surface area contributed by atoms with E-state index in [2.05, 4.69) is 47.0 Å². The van der Waals surface area contributed by atoms with Gasteiger partial charge in [-0.15, -0.1) is 10.2 Å². The molecule has 0 saturated carbocycles. The summed E-state index contributed by atoms with van der Waals surface area (Å²) in [4.78, 5) is 21.4. The third-order valence-electron chi connectivity index (χ3n) is 6.97. The first kappa shape index (κ1) is 25.9. The zero-order valence-corrected chi connectivity index (χ0v) is 22.8. The molecule has 0 bridgehead atoms. The molecule has 2 aliphatic heterocycles. The van der Waals surface area contributed by atoms with Crippen LogP contribution in [0.4, 0.5) is 0 Å². The molecule has 12 heteroatoms. The molecule has 0 amide bonds. The molecule has 11 nitrogen and oxygen atoms in total. The van der Waals surface area contributed by atoms with E-state index in [0.717, 1.165) is 72.8 Å². The Morgan fingerprint density at radius 3 is 2.79 bits per heavy atom. The minimum Gasteiger partial charge on any atom is -0.492 e.